The Bertz CT molecular complexity index is 375. The molecule has 2 heteroatoms. The summed E-state index contributed by atoms with van der Waals surface area (Å²) in [5.74, 6) is 0.620. The van der Waals surface area contributed by atoms with Crippen LogP contribution in [0.3, 0.4) is 0 Å². The fourth-order valence-corrected chi connectivity index (χ4v) is 3.00. The van der Waals surface area contributed by atoms with Crippen molar-refractivity contribution >= 4 is 15.9 Å². The highest BCUT2D eigenvalue weighted by Crippen LogP contribution is 2.31. The molecule has 3 atom stereocenters. The summed E-state index contributed by atoms with van der Waals surface area (Å²) in [6.07, 6.45) is 3.13. The molecule has 1 aromatic carbocycles. The van der Waals surface area contributed by atoms with Crippen LogP contribution in [0.5, 0.6) is 0 Å². The molecule has 88 valence electrons. The Labute approximate surface area is 106 Å². The van der Waals surface area contributed by atoms with Crippen LogP contribution in [0, 0.1) is 5.92 Å². The highest BCUT2D eigenvalue weighted by atomic mass is 79.9. The van der Waals surface area contributed by atoms with Gasteiger partial charge in [0.1, 0.15) is 0 Å². The van der Waals surface area contributed by atoms with Crippen LogP contribution in [0.15, 0.2) is 22.7 Å². The fraction of sp³-hybridized carbons (Fsp3) is 0.571. The molecule has 0 bridgehead atoms. The molecule has 0 aliphatic carbocycles. The Morgan fingerprint density at radius 3 is 2.62 bits per heavy atom. The molecule has 0 spiro atoms. The lowest BCUT2D eigenvalue weighted by atomic mass is 9.96. The average Bonchev–Trinajstić information content (AvgIpc) is 2.96. The first kappa shape index (κ1) is 12.1. The Morgan fingerprint density at radius 1 is 1.44 bits per heavy atom. The molecule has 16 heavy (non-hydrogen) atoms. The molecule has 1 fully saturated rings. The molecule has 0 N–H and O–H groups in total. The van der Waals surface area contributed by atoms with Crippen LogP contribution in [0.2, 0.25) is 0 Å². The van der Waals surface area contributed by atoms with E-state index in [-0.39, 0.29) is 0 Å². The van der Waals surface area contributed by atoms with Gasteiger partial charge in [0.15, 0.2) is 0 Å². The van der Waals surface area contributed by atoms with Gasteiger partial charge in [0.25, 0.3) is 0 Å². The zero-order chi connectivity index (χ0) is 11.7. The lowest BCUT2D eigenvalue weighted by Crippen LogP contribution is -2.09. The van der Waals surface area contributed by atoms with Crippen molar-refractivity contribution in [1.29, 1.82) is 0 Å². The van der Waals surface area contributed by atoms with Crippen LogP contribution in [-0.4, -0.2) is 12.2 Å². The first-order valence-corrected chi connectivity index (χ1v) is 6.84. The number of epoxide rings is 1. The van der Waals surface area contributed by atoms with Gasteiger partial charge in [0, 0.05) is 4.47 Å². The van der Waals surface area contributed by atoms with E-state index >= 15 is 0 Å². The Morgan fingerprint density at radius 2 is 2.12 bits per heavy atom. The third-order valence-electron chi connectivity index (χ3n) is 3.37. The van der Waals surface area contributed by atoms with Crippen LogP contribution in [0.4, 0.5) is 0 Å². The molecule has 1 nitrogen and oxygen atoms in total. The van der Waals surface area contributed by atoms with E-state index in [0.717, 1.165) is 12.8 Å². The van der Waals surface area contributed by atoms with E-state index in [9.17, 15) is 0 Å². The number of hydrogen-bond acceptors (Lipinski definition) is 1. The topological polar surface area (TPSA) is 12.5 Å². The van der Waals surface area contributed by atoms with Gasteiger partial charge >= 0.3 is 0 Å². The van der Waals surface area contributed by atoms with Gasteiger partial charge in [-0.25, -0.2) is 0 Å². The van der Waals surface area contributed by atoms with Gasteiger partial charge in [-0.05, 0) is 42.9 Å². The van der Waals surface area contributed by atoms with Crippen LogP contribution >= 0.6 is 15.9 Å². The zero-order valence-corrected chi connectivity index (χ0v) is 11.8. The van der Waals surface area contributed by atoms with Gasteiger partial charge in [0.2, 0.25) is 0 Å². The van der Waals surface area contributed by atoms with Crippen molar-refractivity contribution in [3.63, 3.8) is 0 Å². The standard InChI is InChI=1S/C14H19BrO/c1-4-12-6-5-11(8-13(12)15)7-9(2)14-10(3)16-14/h5-6,8-10,14H,4,7H2,1-3H3. The second kappa shape index (κ2) is 4.89. The minimum Gasteiger partial charge on any atom is -0.370 e. The highest BCUT2D eigenvalue weighted by molar-refractivity contribution is 9.10. The first-order chi connectivity index (χ1) is 7.61. The molecule has 1 aliphatic heterocycles. The Balaban J connectivity index is 2.01. The maximum atomic E-state index is 5.51. The smallest absolute Gasteiger partial charge is 0.0867 e. The number of ether oxygens (including phenoxy) is 1. The van der Waals surface area contributed by atoms with Crippen LogP contribution in [0.25, 0.3) is 0 Å². The van der Waals surface area contributed by atoms with Gasteiger partial charge in [-0.2, -0.15) is 0 Å². The molecule has 1 saturated heterocycles. The van der Waals surface area contributed by atoms with E-state index in [1.165, 1.54) is 15.6 Å². The highest BCUT2D eigenvalue weighted by Gasteiger charge is 2.38. The van der Waals surface area contributed by atoms with E-state index in [4.69, 9.17) is 4.74 Å². The number of hydrogen-bond donors (Lipinski definition) is 0. The van der Waals surface area contributed by atoms with Crippen molar-refractivity contribution < 1.29 is 4.74 Å². The van der Waals surface area contributed by atoms with Crippen molar-refractivity contribution in [2.24, 2.45) is 5.92 Å². The molecule has 0 radical (unpaired) electrons. The summed E-state index contributed by atoms with van der Waals surface area (Å²) in [5, 5.41) is 0. The van der Waals surface area contributed by atoms with E-state index in [0.29, 0.717) is 18.1 Å². The summed E-state index contributed by atoms with van der Waals surface area (Å²) in [6.45, 7) is 6.61. The second-order valence-electron chi connectivity index (χ2n) is 4.77. The molecule has 2 rings (SSSR count). The number of halogens is 1. The number of benzene rings is 1. The normalized spacial score (nSPS) is 25.5. The van der Waals surface area contributed by atoms with Crippen LogP contribution in [-0.2, 0) is 17.6 Å². The van der Waals surface area contributed by atoms with E-state index < -0.39 is 0 Å². The van der Waals surface area contributed by atoms with E-state index in [1.54, 1.807) is 0 Å². The second-order valence-corrected chi connectivity index (χ2v) is 5.62. The lowest BCUT2D eigenvalue weighted by molar-refractivity contribution is 0.328. The maximum absolute atomic E-state index is 5.51. The van der Waals surface area contributed by atoms with Gasteiger partial charge in [-0.3, -0.25) is 0 Å². The fourth-order valence-electron chi connectivity index (χ4n) is 2.29. The predicted octanol–water partition coefficient (Wildman–Crippen LogP) is 3.98. The quantitative estimate of drug-likeness (QED) is 0.761. The summed E-state index contributed by atoms with van der Waals surface area (Å²) < 4.78 is 6.75. The molecule has 0 aromatic heterocycles. The number of aryl methyl sites for hydroxylation is 1. The van der Waals surface area contributed by atoms with Crippen molar-refractivity contribution in [3.8, 4) is 0 Å². The number of rotatable bonds is 4. The molecule has 3 unspecified atom stereocenters. The molecule has 0 saturated carbocycles. The SMILES string of the molecule is CCc1ccc(CC(C)C2OC2C)cc1Br. The molecular weight excluding hydrogens is 264 g/mol. The van der Waals surface area contributed by atoms with Crippen molar-refractivity contribution in [3.05, 3.63) is 33.8 Å². The van der Waals surface area contributed by atoms with Crippen LogP contribution in [0.1, 0.15) is 31.9 Å². The lowest BCUT2D eigenvalue weighted by Gasteiger charge is -2.10. The monoisotopic (exact) mass is 282 g/mol. The van der Waals surface area contributed by atoms with E-state index in [1.807, 2.05) is 0 Å². The summed E-state index contributed by atoms with van der Waals surface area (Å²) >= 11 is 3.63. The molecule has 1 aliphatic rings. The van der Waals surface area contributed by atoms with Crippen molar-refractivity contribution in [2.45, 2.75) is 45.8 Å². The minimum atomic E-state index is 0.466. The molecular formula is C14H19BrO. The minimum absolute atomic E-state index is 0.466. The van der Waals surface area contributed by atoms with Gasteiger partial charge < -0.3 is 4.74 Å². The third kappa shape index (κ3) is 2.67. The van der Waals surface area contributed by atoms with Gasteiger partial charge in [-0.1, -0.05) is 41.9 Å². The third-order valence-corrected chi connectivity index (χ3v) is 4.11. The maximum Gasteiger partial charge on any atom is 0.0867 e. The predicted molar refractivity (Wildman–Crippen MR) is 70.7 cm³/mol. The summed E-state index contributed by atoms with van der Waals surface area (Å²) in [4.78, 5) is 0. The molecule has 1 heterocycles. The Hall–Kier alpha value is -0.340. The summed E-state index contributed by atoms with van der Waals surface area (Å²) in [5.41, 5.74) is 2.78. The van der Waals surface area contributed by atoms with Crippen molar-refractivity contribution in [1.82, 2.24) is 0 Å². The largest absolute Gasteiger partial charge is 0.370 e. The molecule has 1 aromatic rings. The zero-order valence-electron chi connectivity index (χ0n) is 10.2. The average molecular weight is 283 g/mol. The van der Waals surface area contributed by atoms with Crippen LogP contribution < -0.4 is 0 Å². The van der Waals surface area contributed by atoms with E-state index in [2.05, 4.69) is 54.9 Å². The summed E-state index contributed by atoms with van der Waals surface area (Å²) in [7, 11) is 0. The van der Waals surface area contributed by atoms with Gasteiger partial charge in [-0.15, -0.1) is 0 Å². The summed E-state index contributed by atoms with van der Waals surface area (Å²) in [6, 6.07) is 6.72. The molecule has 0 amide bonds. The Kier molecular flexibility index (Phi) is 3.70. The van der Waals surface area contributed by atoms with Crippen molar-refractivity contribution in [2.75, 3.05) is 0 Å². The van der Waals surface area contributed by atoms with Gasteiger partial charge in [0.05, 0.1) is 12.2 Å². The first-order valence-electron chi connectivity index (χ1n) is 6.04.